The van der Waals surface area contributed by atoms with Gasteiger partial charge in [0.15, 0.2) is 0 Å². The topological polar surface area (TPSA) is 125 Å². The Kier molecular flexibility index (Phi) is 10.6. The molecule has 1 aromatic heterocycles. The van der Waals surface area contributed by atoms with Crippen molar-refractivity contribution in [3.8, 4) is 11.8 Å². The van der Waals surface area contributed by atoms with E-state index in [1.807, 2.05) is 6.07 Å². The summed E-state index contributed by atoms with van der Waals surface area (Å²) in [7, 11) is -2.24. The highest BCUT2D eigenvalue weighted by Gasteiger charge is 2.34. The summed E-state index contributed by atoms with van der Waals surface area (Å²) in [6.45, 7) is 1.79. The van der Waals surface area contributed by atoms with Crippen molar-refractivity contribution in [3.05, 3.63) is 81.5 Å². The highest BCUT2D eigenvalue weighted by Crippen LogP contribution is 2.35. The van der Waals surface area contributed by atoms with E-state index in [9.17, 15) is 31.6 Å². The van der Waals surface area contributed by atoms with Gasteiger partial charge in [0.25, 0.3) is 0 Å². The molecule has 2 aromatic carbocycles. The van der Waals surface area contributed by atoms with Crippen molar-refractivity contribution < 1.29 is 31.1 Å². The lowest BCUT2D eigenvalue weighted by atomic mass is 9.98. The first-order valence-corrected chi connectivity index (χ1v) is 16.0. The van der Waals surface area contributed by atoms with Gasteiger partial charge in [-0.15, -0.1) is 11.8 Å². The van der Waals surface area contributed by atoms with Crippen molar-refractivity contribution in [2.75, 3.05) is 20.2 Å². The molecule has 232 valence electrons. The Morgan fingerprint density at radius 1 is 1.23 bits per heavy atom. The number of ether oxygens (including phenoxy) is 1. The lowest BCUT2D eigenvalue weighted by molar-refractivity contribution is -0.141. The fraction of sp³-hybridized carbons (Fsp3) is 0.310. The second-order valence-electron chi connectivity index (χ2n) is 9.84. The van der Waals surface area contributed by atoms with Crippen LogP contribution in [0.25, 0.3) is 0 Å². The summed E-state index contributed by atoms with van der Waals surface area (Å²) in [5.41, 5.74) is 2.86. The van der Waals surface area contributed by atoms with E-state index in [1.165, 1.54) is 48.8 Å². The van der Waals surface area contributed by atoms with Gasteiger partial charge in [-0.1, -0.05) is 11.6 Å². The normalized spacial score (nSPS) is 14.8. The standard InChI is InChI=1S/C29H27ClF3N5O4S2/c1-18-13-26(29(31,32)33)36-28(24(18)15-34)43-17-21-14-19(3-8-25(21)42-2)16-35-37-27(39)20-9-11-38(12-10-20)44(40,41)23-6-4-22(30)5-7-23/h3-8,13-14,16,20H,9-12,17H2,1-2H3,(H,37,39)/b35-16+. The number of hydrogen-bond acceptors (Lipinski definition) is 8. The van der Waals surface area contributed by atoms with Gasteiger partial charge in [-0.25, -0.2) is 18.8 Å². The maximum atomic E-state index is 13.3. The Hall–Kier alpha value is -3.64. The average molecular weight is 666 g/mol. The summed E-state index contributed by atoms with van der Waals surface area (Å²) in [6, 6.07) is 13.7. The van der Waals surface area contributed by atoms with E-state index in [0.29, 0.717) is 34.7 Å². The van der Waals surface area contributed by atoms with Crippen LogP contribution in [-0.2, 0) is 26.7 Å². The van der Waals surface area contributed by atoms with Crippen LogP contribution in [0.15, 0.2) is 63.6 Å². The zero-order chi connectivity index (χ0) is 32.1. The lowest BCUT2D eigenvalue weighted by Gasteiger charge is -2.30. The molecule has 3 aromatic rings. The first kappa shape index (κ1) is 33.3. The highest BCUT2D eigenvalue weighted by molar-refractivity contribution is 7.98. The van der Waals surface area contributed by atoms with Crippen molar-refractivity contribution >= 4 is 45.5 Å². The van der Waals surface area contributed by atoms with Crippen molar-refractivity contribution in [3.63, 3.8) is 0 Å². The summed E-state index contributed by atoms with van der Waals surface area (Å²) in [5, 5.41) is 13.9. The Balaban J connectivity index is 1.38. The third-order valence-electron chi connectivity index (χ3n) is 6.92. The van der Waals surface area contributed by atoms with E-state index in [1.54, 1.807) is 18.2 Å². The van der Waals surface area contributed by atoms with Crippen LogP contribution in [0.5, 0.6) is 5.75 Å². The number of aromatic nitrogens is 1. The van der Waals surface area contributed by atoms with Gasteiger partial charge in [-0.2, -0.15) is 27.8 Å². The fourth-order valence-corrected chi connectivity index (χ4v) is 7.17. The minimum atomic E-state index is -4.65. The highest BCUT2D eigenvalue weighted by atomic mass is 35.5. The number of amides is 1. The molecular formula is C29H27ClF3N5O4S2. The lowest BCUT2D eigenvalue weighted by Crippen LogP contribution is -2.42. The number of methoxy groups -OCH3 is 1. The molecule has 0 saturated carbocycles. The number of nitrogens with one attached hydrogen (secondary N) is 1. The van der Waals surface area contributed by atoms with Crippen molar-refractivity contribution in [1.29, 1.82) is 5.26 Å². The molecule has 1 aliphatic rings. The molecule has 0 spiro atoms. The number of nitrogens with zero attached hydrogens (tertiary/aromatic N) is 4. The number of benzene rings is 2. The van der Waals surface area contributed by atoms with E-state index in [-0.39, 0.29) is 45.8 Å². The van der Waals surface area contributed by atoms with Crippen LogP contribution in [-0.4, -0.2) is 50.0 Å². The monoisotopic (exact) mass is 665 g/mol. The van der Waals surface area contributed by atoms with Crippen molar-refractivity contribution in [2.24, 2.45) is 11.0 Å². The number of carbonyl (C=O) groups excluding carboxylic acids is 1. The van der Waals surface area contributed by atoms with Gasteiger partial charge in [0, 0.05) is 35.3 Å². The number of sulfonamides is 1. The van der Waals surface area contributed by atoms with Crippen LogP contribution < -0.4 is 10.2 Å². The Morgan fingerprint density at radius 3 is 2.52 bits per heavy atom. The quantitative estimate of drug-likeness (QED) is 0.174. The molecule has 0 radical (unpaired) electrons. The molecule has 2 heterocycles. The van der Waals surface area contributed by atoms with Gasteiger partial charge in [0.1, 0.15) is 22.5 Å². The minimum absolute atomic E-state index is 0.0415. The zero-order valence-electron chi connectivity index (χ0n) is 23.6. The van der Waals surface area contributed by atoms with E-state index in [2.05, 4.69) is 15.5 Å². The number of carbonyl (C=O) groups is 1. The molecule has 1 N–H and O–H groups in total. The SMILES string of the molecule is COc1ccc(/C=N/NC(=O)C2CCN(S(=O)(=O)c3ccc(Cl)cc3)CC2)cc1CSc1nc(C(F)(F)F)cc(C)c1C#N. The van der Waals surface area contributed by atoms with Crippen molar-refractivity contribution in [1.82, 2.24) is 14.7 Å². The summed E-state index contributed by atoms with van der Waals surface area (Å²) in [4.78, 5) is 16.5. The molecule has 1 amide bonds. The number of hydrogen-bond donors (Lipinski definition) is 1. The molecule has 9 nitrogen and oxygen atoms in total. The maximum absolute atomic E-state index is 13.3. The smallest absolute Gasteiger partial charge is 0.433 e. The predicted molar refractivity (Wildman–Crippen MR) is 160 cm³/mol. The predicted octanol–water partition coefficient (Wildman–Crippen LogP) is 5.79. The van der Waals surface area contributed by atoms with Gasteiger partial charge in [-0.05, 0) is 79.4 Å². The van der Waals surface area contributed by atoms with Crippen LogP contribution in [0.2, 0.25) is 5.02 Å². The molecule has 0 aliphatic carbocycles. The number of alkyl halides is 3. The summed E-state index contributed by atoms with van der Waals surface area (Å²) >= 11 is 6.83. The average Bonchev–Trinajstić information content (AvgIpc) is 2.99. The number of pyridine rings is 1. The second-order valence-corrected chi connectivity index (χ2v) is 13.2. The number of hydrazone groups is 1. The second kappa shape index (κ2) is 14.0. The number of nitriles is 1. The first-order valence-electron chi connectivity index (χ1n) is 13.2. The third-order valence-corrected chi connectivity index (χ3v) is 10.1. The number of halogens is 4. The molecule has 44 heavy (non-hydrogen) atoms. The van der Waals surface area contributed by atoms with E-state index in [0.717, 1.165) is 17.8 Å². The van der Waals surface area contributed by atoms with E-state index < -0.39 is 27.8 Å². The van der Waals surface area contributed by atoms with Crippen molar-refractivity contribution in [2.45, 2.75) is 41.6 Å². The van der Waals surface area contributed by atoms with Crippen LogP contribution in [0.3, 0.4) is 0 Å². The van der Waals surface area contributed by atoms with Crippen LogP contribution in [0, 0.1) is 24.2 Å². The number of thioether (sulfide) groups is 1. The molecule has 0 bridgehead atoms. The van der Waals surface area contributed by atoms with Gasteiger partial charge >= 0.3 is 6.18 Å². The van der Waals surface area contributed by atoms with Crippen LogP contribution in [0.4, 0.5) is 13.2 Å². The molecule has 1 saturated heterocycles. The fourth-order valence-electron chi connectivity index (χ4n) is 4.54. The Labute approximate surface area is 262 Å². The first-order chi connectivity index (χ1) is 20.8. The zero-order valence-corrected chi connectivity index (χ0v) is 25.9. The Morgan fingerprint density at radius 2 is 1.91 bits per heavy atom. The van der Waals surface area contributed by atoms with E-state index in [4.69, 9.17) is 16.3 Å². The number of piperidine rings is 1. The molecule has 1 fully saturated rings. The Bertz CT molecular complexity index is 1700. The van der Waals surface area contributed by atoms with Gasteiger partial charge in [0.05, 0.1) is 23.8 Å². The summed E-state index contributed by atoms with van der Waals surface area (Å²) in [5.74, 6) is -0.147. The largest absolute Gasteiger partial charge is 0.496 e. The van der Waals surface area contributed by atoms with E-state index >= 15 is 0 Å². The van der Waals surface area contributed by atoms with Gasteiger partial charge in [-0.3, -0.25) is 4.79 Å². The molecule has 0 atom stereocenters. The molecule has 15 heteroatoms. The molecular weight excluding hydrogens is 639 g/mol. The number of rotatable bonds is 9. The third kappa shape index (κ3) is 7.89. The molecule has 4 rings (SSSR count). The van der Waals surface area contributed by atoms with Gasteiger partial charge < -0.3 is 4.74 Å². The molecule has 0 unspecified atom stereocenters. The summed E-state index contributed by atoms with van der Waals surface area (Å²) in [6.07, 6.45) is -2.59. The van der Waals surface area contributed by atoms with Crippen LogP contribution in [0.1, 0.15) is 40.8 Å². The minimum Gasteiger partial charge on any atom is -0.496 e. The maximum Gasteiger partial charge on any atom is 0.433 e. The van der Waals surface area contributed by atoms with Gasteiger partial charge in [0.2, 0.25) is 15.9 Å². The molecule has 1 aliphatic heterocycles. The van der Waals surface area contributed by atoms with Crippen LogP contribution >= 0.6 is 23.4 Å². The number of aryl methyl sites for hydroxylation is 1. The summed E-state index contributed by atoms with van der Waals surface area (Å²) < 4.78 is 72.4.